The number of aliphatic hydroxyl groups is 1. The van der Waals surface area contributed by atoms with Gasteiger partial charge in [-0.05, 0) is 6.92 Å². The van der Waals surface area contributed by atoms with Crippen LogP contribution in [-0.2, 0) is 14.4 Å². The number of aryl methyl sites for hydroxylation is 1. The maximum atomic E-state index is 10.4. The van der Waals surface area contributed by atoms with E-state index in [2.05, 4.69) is 9.97 Å². The Labute approximate surface area is 123 Å². The van der Waals surface area contributed by atoms with Crippen molar-refractivity contribution in [3.05, 3.63) is 22.2 Å². The first-order chi connectivity index (χ1) is 9.97. The highest BCUT2D eigenvalue weighted by molar-refractivity contribution is 5.88. The Kier molecular flexibility index (Phi) is 6.70. The SMILES string of the molecule is Cc1c[nH]c(=O)nc1N.O=C(O)CC(O)(CC(=O)O)C(=O)O. The van der Waals surface area contributed by atoms with Crippen molar-refractivity contribution in [1.29, 1.82) is 0 Å². The summed E-state index contributed by atoms with van der Waals surface area (Å²) in [5.74, 6) is -4.73. The highest BCUT2D eigenvalue weighted by Gasteiger charge is 2.40. The monoisotopic (exact) mass is 317 g/mol. The molecule has 0 unspecified atom stereocenters. The second-order valence-electron chi connectivity index (χ2n) is 4.25. The molecule has 1 heterocycles. The minimum atomic E-state index is -2.74. The lowest BCUT2D eigenvalue weighted by molar-refractivity contribution is -0.170. The van der Waals surface area contributed by atoms with Crippen molar-refractivity contribution in [2.24, 2.45) is 0 Å². The van der Waals surface area contributed by atoms with Crippen LogP contribution in [0.1, 0.15) is 18.4 Å². The van der Waals surface area contributed by atoms with Crippen LogP contribution in [0.4, 0.5) is 5.82 Å². The third-order valence-electron chi connectivity index (χ3n) is 2.32. The van der Waals surface area contributed by atoms with Crippen LogP contribution in [0.15, 0.2) is 11.0 Å². The number of nitrogen functional groups attached to an aromatic ring is 1. The van der Waals surface area contributed by atoms with Gasteiger partial charge in [0.25, 0.3) is 0 Å². The summed E-state index contributed by atoms with van der Waals surface area (Å²) in [5, 5.41) is 33.8. The number of carboxylic acids is 3. The lowest BCUT2D eigenvalue weighted by Crippen LogP contribution is -2.42. The Morgan fingerprint density at radius 2 is 1.68 bits per heavy atom. The first kappa shape index (κ1) is 19.1. The standard InChI is InChI=1S/C6H8O7.C5H7N3O/c7-3(8)1-6(13,5(11)12)2-4(9)10;1-3-2-7-5(9)8-4(3)6/h13H,1-2H2,(H,7,8)(H,9,10)(H,11,12);2H,1H3,(H3,6,7,8,9). The summed E-state index contributed by atoms with van der Waals surface area (Å²) >= 11 is 0. The number of nitrogens with one attached hydrogen (secondary N) is 1. The van der Waals surface area contributed by atoms with Crippen molar-refractivity contribution < 1.29 is 34.8 Å². The van der Waals surface area contributed by atoms with Crippen molar-refractivity contribution in [3.63, 3.8) is 0 Å². The molecular formula is C11H15N3O8. The van der Waals surface area contributed by atoms with Gasteiger partial charge in [-0.1, -0.05) is 0 Å². The Balaban J connectivity index is 0.000000425. The predicted molar refractivity (Wildman–Crippen MR) is 71.1 cm³/mol. The van der Waals surface area contributed by atoms with E-state index < -0.39 is 42.0 Å². The van der Waals surface area contributed by atoms with E-state index in [9.17, 15) is 19.2 Å². The molecule has 1 aromatic heterocycles. The van der Waals surface area contributed by atoms with Gasteiger partial charge < -0.3 is 31.1 Å². The Hall–Kier alpha value is -2.95. The highest BCUT2D eigenvalue weighted by atomic mass is 16.4. The molecule has 0 radical (unpaired) electrons. The number of H-pyrrole nitrogens is 1. The van der Waals surface area contributed by atoms with Crippen LogP contribution < -0.4 is 11.4 Å². The number of nitrogens with two attached hydrogens (primary N) is 1. The number of aromatic nitrogens is 2. The van der Waals surface area contributed by atoms with Gasteiger partial charge >= 0.3 is 23.6 Å². The van der Waals surface area contributed by atoms with Crippen LogP contribution in [0.5, 0.6) is 0 Å². The molecule has 11 nitrogen and oxygen atoms in total. The fourth-order valence-corrected chi connectivity index (χ4v) is 1.19. The van der Waals surface area contributed by atoms with Gasteiger partial charge in [-0.25, -0.2) is 9.59 Å². The van der Waals surface area contributed by atoms with Crippen molar-refractivity contribution in [2.45, 2.75) is 25.4 Å². The fourth-order valence-electron chi connectivity index (χ4n) is 1.19. The molecule has 0 aliphatic heterocycles. The van der Waals surface area contributed by atoms with Crippen LogP contribution in [0.25, 0.3) is 0 Å². The molecule has 22 heavy (non-hydrogen) atoms. The maximum absolute atomic E-state index is 10.4. The smallest absolute Gasteiger partial charge is 0.346 e. The second kappa shape index (κ2) is 7.73. The predicted octanol–water partition coefficient (Wildman–Crippen LogP) is -1.59. The van der Waals surface area contributed by atoms with E-state index in [1.54, 1.807) is 6.92 Å². The van der Waals surface area contributed by atoms with Gasteiger partial charge in [0.05, 0.1) is 12.8 Å². The third kappa shape index (κ3) is 6.47. The molecule has 7 N–H and O–H groups in total. The van der Waals surface area contributed by atoms with E-state index in [0.717, 1.165) is 5.56 Å². The number of carboxylic acid groups (broad SMARTS) is 3. The summed E-state index contributed by atoms with van der Waals surface area (Å²) in [6.07, 6.45) is -0.756. The maximum Gasteiger partial charge on any atom is 0.346 e. The van der Waals surface area contributed by atoms with Crippen LogP contribution in [0, 0.1) is 6.92 Å². The van der Waals surface area contributed by atoms with Gasteiger partial charge in [0.15, 0.2) is 5.60 Å². The molecule has 11 heteroatoms. The summed E-state index contributed by atoms with van der Waals surface area (Å²) in [6, 6.07) is 0. The minimum Gasteiger partial charge on any atom is -0.481 e. The fraction of sp³-hybridized carbons (Fsp3) is 0.364. The second-order valence-corrected chi connectivity index (χ2v) is 4.25. The average Bonchev–Trinajstić information content (AvgIpc) is 2.32. The van der Waals surface area contributed by atoms with E-state index in [-0.39, 0.29) is 0 Å². The number of rotatable bonds is 5. The van der Waals surface area contributed by atoms with Crippen LogP contribution in [0.3, 0.4) is 0 Å². The van der Waals surface area contributed by atoms with Crippen molar-refractivity contribution in [2.75, 3.05) is 5.73 Å². The highest BCUT2D eigenvalue weighted by Crippen LogP contribution is 2.15. The quantitative estimate of drug-likeness (QED) is 0.367. The zero-order chi connectivity index (χ0) is 17.5. The molecule has 0 saturated heterocycles. The van der Waals surface area contributed by atoms with Crippen LogP contribution in [0.2, 0.25) is 0 Å². The lowest BCUT2D eigenvalue weighted by atomic mass is 9.96. The first-order valence-corrected chi connectivity index (χ1v) is 5.69. The number of aromatic amines is 1. The van der Waals surface area contributed by atoms with Crippen LogP contribution >= 0.6 is 0 Å². The molecule has 0 atom stereocenters. The molecule has 0 bridgehead atoms. The van der Waals surface area contributed by atoms with Gasteiger partial charge in [0.1, 0.15) is 5.82 Å². The van der Waals surface area contributed by atoms with Crippen LogP contribution in [-0.4, -0.2) is 53.9 Å². The van der Waals surface area contributed by atoms with E-state index >= 15 is 0 Å². The van der Waals surface area contributed by atoms with E-state index in [1.807, 2.05) is 0 Å². The number of nitrogens with zero attached hydrogens (tertiary/aromatic N) is 1. The molecule has 0 aromatic carbocycles. The molecule has 0 aliphatic rings. The normalized spacial score (nSPS) is 10.3. The topological polar surface area (TPSA) is 204 Å². The third-order valence-corrected chi connectivity index (χ3v) is 2.32. The van der Waals surface area contributed by atoms with Gasteiger partial charge in [-0.2, -0.15) is 4.98 Å². The van der Waals surface area contributed by atoms with Crippen molar-refractivity contribution in [1.82, 2.24) is 9.97 Å². The van der Waals surface area contributed by atoms with Crippen molar-refractivity contribution >= 4 is 23.7 Å². The summed E-state index contributed by atoms with van der Waals surface area (Å²) in [6.45, 7) is 1.78. The Morgan fingerprint density at radius 1 is 1.23 bits per heavy atom. The molecule has 0 saturated carbocycles. The molecular weight excluding hydrogens is 302 g/mol. The van der Waals surface area contributed by atoms with Gasteiger partial charge in [0, 0.05) is 11.8 Å². The number of carbonyl (C=O) groups is 3. The zero-order valence-electron chi connectivity index (χ0n) is 11.4. The molecule has 0 amide bonds. The number of hydrogen-bond acceptors (Lipinski definition) is 7. The van der Waals surface area contributed by atoms with Gasteiger partial charge in [0.2, 0.25) is 0 Å². The molecule has 0 spiro atoms. The van der Waals surface area contributed by atoms with E-state index in [1.165, 1.54) is 6.20 Å². The first-order valence-electron chi connectivity index (χ1n) is 5.69. The summed E-state index contributed by atoms with van der Waals surface area (Å²) < 4.78 is 0. The molecule has 1 aromatic rings. The number of anilines is 1. The summed E-state index contributed by atoms with van der Waals surface area (Å²) in [5.41, 5.74) is 2.93. The Morgan fingerprint density at radius 3 is 1.95 bits per heavy atom. The lowest BCUT2D eigenvalue weighted by Gasteiger charge is -2.18. The minimum absolute atomic E-state index is 0.291. The molecule has 0 fully saturated rings. The summed E-state index contributed by atoms with van der Waals surface area (Å²) in [4.78, 5) is 46.7. The Bertz CT molecular complexity index is 608. The number of aliphatic carboxylic acids is 3. The van der Waals surface area contributed by atoms with Crippen molar-refractivity contribution in [3.8, 4) is 0 Å². The zero-order valence-corrected chi connectivity index (χ0v) is 11.4. The van der Waals surface area contributed by atoms with E-state index in [4.69, 9.17) is 26.2 Å². The van der Waals surface area contributed by atoms with Gasteiger partial charge in [-0.15, -0.1) is 0 Å². The largest absolute Gasteiger partial charge is 0.481 e. The van der Waals surface area contributed by atoms with Gasteiger partial charge in [-0.3, -0.25) is 9.59 Å². The summed E-state index contributed by atoms with van der Waals surface area (Å²) in [7, 11) is 0. The molecule has 0 aliphatic carbocycles. The van der Waals surface area contributed by atoms with E-state index in [0.29, 0.717) is 5.82 Å². The average molecular weight is 317 g/mol. The number of hydrogen-bond donors (Lipinski definition) is 6. The molecule has 122 valence electrons. The molecule has 1 rings (SSSR count).